The van der Waals surface area contributed by atoms with E-state index in [4.69, 9.17) is 5.84 Å². The highest BCUT2D eigenvalue weighted by atomic mass is 19.4. The first-order valence-corrected chi connectivity index (χ1v) is 5.36. The summed E-state index contributed by atoms with van der Waals surface area (Å²) >= 11 is 0. The van der Waals surface area contributed by atoms with Gasteiger partial charge in [0.15, 0.2) is 0 Å². The topological polar surface area (TPSA) is 47.3 Å². The summed E-state index contributed by atoms with van der Waals surface area (Å²) in [4.78, 5) is 0. The number of nitrogens with two attached hydrogens (primary N) is 1. The molecule has 0 aliphatic heterocycles. The summed E-state index contributed by atoms with van der Waals surface area (Å²) in [6, 6.07) is 2.25. The van der Waals surface area contributed by atoms with Gasteiger partial charge in [0.2, 0.25) is 0 Å². The maximum Gasteiger partial charge on any atom is 0.411 e. The summed E-state index contributed by atoms with van der Waals surface area (Å²) in [5.74, 6) is 3.63. The quantitative estimate of drug-likeness (QED) is 0.476. The Morgan fingerprint density at radius 3 is 2.47 bits per heavy atom. The Hall–Kier alpha value is -1.25. The van der Waals surface area contributed by atoms with Gasteiger partial charge >= 0.3 is 6.18 Å². The zero-order valence-corrected chi connectivity index (χ0v) is 9.81. The lowest BCUT2D eigenvalue weighted by Gasteiger charge is -2.17. The smallest absolute Gasteiger partial charge is 0.370 e. The Bertz CT molecular complexity index is 411. The third-order valence-electron chi connectivity index (χ3n) is 2.30. The average molecular weight is 284 g/mol. The highest BCUT2D eigenvalue weighted by molar-refractivity contribution is 5.19. The molecule has 0 bridgehead atoms. The van der Waals surface area contributed by atoms with Crippen molar-refractivity contribution in [3.8, 4) is 0 Å². The third kappa shape index (κ3) is 5.95. The first kappa shape index (κ1) is 15.8. The second-order valence-corrected chi connectivity index (χ2v) is 3.93. The van der Waals surface area contributed by atoms with Gasteiger partial charge in [0.05, 0.1) is 6.61 Å². The van der Waals surface area contributed by atoms with Crippen LogP contribution < -0.4 is 11.3 Å². The van der Waals surface area contributed by atoms with Gasteiger partial charge in [-0.05, 0) is 18.1 Å². The lowest BCUT2D eigenvalue weighted by molar-refractivity contribution is -0.175. The molecule has 0 aliphatic rings. The van der Waals surface area contributed by atoms with Crippen molar-refractivity contribution in [1.82, 2.24) is 5.43 Å². The predicted molar refractivity (Wildman–Crippen MR) is 58.0 cm³/mol. The predicted octanol–water partition coefficient (Wildman–Crippen LogP) is 1.92. The molecule has 1 aromatic rings. The summed E-state index contributed by atoms with van der Waals surface area (Å²) < 4.78 is 66.0. The highest BCUT2D eigenvalue weighted by Gasteiger charge is 2.28. The monoisotopic (exact) mass is 284 g/mol. The third-order valence-corrected chi connectivity index (χ3v) is 2.30. The zero-order valence-electron chi connectivity index (χ0n) is 9.81. The van der Waals surface area contributed by atoms with Crippen LogP contribution in [0.4, 0.5) is 22.0 Å². The molecule has 1 aromatic carbocycles. The van der Waals surface area contributed by atoms with Crippen molar-refractivity contribution in [3.63, 3.8) is 0 Å². The van der Waals surface area contributed by atoms with Gasteiger partial charge in [-0.1, -0.05) is 6.07 Å². The number of hydrogen-bond donors (Lipinski definition) is 2. The van der Waals surface area contributed by atoms with Crippen LogP contribution in [0.2, 0.25) is 0 Å². The average Bonchev–Trinajstić information content (AvgIpc) is 2.29. The Balaban J connectivity index is 2.52. The van der Waals surface area contributed by atoms with Gasteiger partial charge in [-0.25, -0.2) is 8.78 Å². The van der Waals surface area contributed by atoms with Crippen LogP contribution in [0.3, 0.4) is 0 Å². The first-order valence-electron chi connectivity index (χ1n) is 5.36. The molecule has 0 radical (unpaired) electrons. The minimum Gasteiger partial charge on any atom is -0.370 e. The van der Waals surface area contributed by atoms with Gasteiger partial charge in [0.25, 0.3) is 0 Å². The van der Waals surface area contributed by atoms with Crippen molar-refractivity contribution < 1.29 is 26.7 Å². The molecule has 108 valence electrons. The van der Waals surface area contributed by atoms with E-state index in [1.807, 2.05) is 0 Å². The standard InChI is InChI=1S/C11H13F5N2O/c12-8-2-1-7(10(13)4-8)3-9(18-17)5-19-6-11(14,15)16/h1-2,4,9,18H,3,5-6,17H2. The van der Waals surface area contributed by atoms with Crippen molar-refractivity contribution >= 4 is 0 Å². The fourth-order valence-corrected chi connectivity index (χ4v) is 1.44. The van der Waals surface area contributed by atoms with Crippen molar-refractivity contribution in [3.05, 3.63) is 35.4 Å². The summed E-state index contributed by atoms with van der Waals surface area (Å²) in [6.07, 6.45) is -4.44. The zero-order chi connectivity index (χ0) is 14.5. The number of benzene rings is 1. The molecule has 19 heavy (non-hydrogen) atoms. The maximum absolute atomic E-state index is 13.3. The molecular weight excluding hydrogens is 271 g/mol. The van der Waals surface area contributed by atoms with Crippen LogP contribution in [0.15, 0.2) is 18.2 Å². The lowest BCUT2D eigenvalue weighted by Crippen LogP contribution is -2.41. The Morgan fingerprint density at radius 1 is 1.26 bits per heavy atom. The molecule has 3 N–H and O–H groups in total. The highest BCUT2D eigenvalue weighted by Crippen LogP contribution is 2.15. The van der Waals surface area contributed by atoms with E-state index in [2.05, 4.69) is 10.2 Å². The molecule has 8 heteroatoms. The number of nitrogens with one attached hydrogen (secondary N) is 1. The minimum atomic E-state index is -4.43. The van der Waals surface area contributed by atoms with Gasteiger partial charge < -0.3 is 4.74 Å². The molecular formula is C11H13F5N2O. The Morgan fingerprint density at radius 2 is 1.95 bits per heavy atom. The Kier molecular flexibility index (Phi) is 5.64. The summed E-state index contributed by atoms with van der Waals surface area (Å²) in [5.41, 5.74) is 2.36. The van der Waals surface area contributed by atoms with E-state index < -0.39 is 30.5 Å². The molecule has 1 rings (SSSR count). The SMILES string of the molecule is NNC(COCC(F)(F)F)Cc1ccc(F)cc1F. The molecule has 3 nitrogen and oxygen atoms in total. The van der Waals surface area contributed by atoms with Crippen LogP contribution in [0.5, 0.6) is 0 Å². The molecule has 1 atom stereocenters. The van der Waals surface area contributed by atoms with Crippen LogP contribution in [0, 0.1) is 11.6 Å². The van der Waals surface area contributed by atoms with E-state index in [0.29, 0.717) is 6.07 Å². The number of hydrazine groups is 1. The minimum absolute atomic E-state index is 0.0134. The van der Waals surface area contributed by atoms with Gasteiger partial charge in [-0.15, -0.1) is 0 Å². The van der Waals surface area contributed by atoms with Crippen LogP contribution in [-0.2, 0) is 11.2 Å². The van der Waals surface area contributed by atoms with Crippen LogP contribution >= 0.6 is 0 Å². The number of hydrogen-bond acceptors (Lipinski definition) is 3. The van der Waals surface area contributed by atoms with Crippen molar-refractivity contribution in [1.29, 1.82) is 0 Å². The molecule has 0 amide bonds. The molecule has 0 aromatic heterocycles. The number of ether oxygens (including phenoxy) is 1. The molecule has 0 heterocycles. The number of halogens is 5. The normalized spacial score (nSPS) is 13.6. The first-order chi connectivity index (χ1) is 8.81. The lowest BCUT2D eigenvalue weighted by atomic mass is 10.1. The summed E-state index contributed by atoms with van der Waals surface area (Å²) in [5, 5.41) is 0. The van der Waals surface area contributed by atoms with Crippen molar-refractivity contribution in [2.24, 2.45) is 5.84 Å². The number of alkyl halides is 3. The molecule has 0 fully saturated rings. The molecule has 0 saturated carbocycles. The van der Waals surface area contributed by atoms with E-state index in [1.165, 1.54) is 6.07 Å². The maximum atomic E-state index is 13.3. The fourth-order valence-electron chi connectivity index (χ4n) is 1.44. The fraction of sp³-hybridized carbons (Fsp3) is 0.455. The van der Waals surface area contributed by atoms with Crippen molar-refractivity contribution in [2.75, 3.05) is 13.2 Å². The van der Waals surface area contributed by atoms with Gasteiger partial charge in [0, 0.05) is 12.1 Å². The van der Waals surface area contributed by atoms with Crippen molar-refractivity contribution in [2.45, 2.75) is 18.6 Å². The number of rotatable bonds is 6. The van der Waals surface area contributed by atoms with Gasteiger partial charge in [-0.2, -0.15) is 13.2 Å². The van der Waals surface area contributed by atoms with Crippen LogP contribution in [0.25, 0.3) is 0 Å². The molecule has 0 spiro atoms. The molecule has 1 unspecified atom stereocenters. The van der Waals surface area contributed by atoms with Crippen LogP contribution in [-0.4, -0.2) is 25.4 Å². The summed E-state index contributed by atoms with van der Waals surface area (Å²) in [7, 11) is 0. The van der Waals surface area contributed by atoms with E-state index in [9.17, 15) is 22.0 Å². The summed E-state index contributed by atoms with van der Waals surface area (Å²) in [6.45, 7) is -1.75. The molecule has 0 saturated heterocycles. The van der Waals surface area contributed by atoms with E-state index in [0.717, 1.165) is 6.07 Å². The largest absolute Gasteiger partial charge is 0.411 e. The second-order valence-electron chi connectivity index (χ2n) is 3.93. The molecule has 0 aliphatic carbocycles. The second kappa shape index (κ2) is 6.78. The van der Waals surface area contributed by atoms with Gasteiger partial charge in [-0.3, -0.25) is 11.3 Å². The Labute approximate surface area is 106 Å². The van der Waals surface area contributed by atoms with E-state index in [-0.39, 0.29) is 18.6 Å². The van der Waals surface area contributed by atoms with Gasteiger partial charge in [0.1, 0.15) is 18.2 Å². The van der Waals surface area contributed by atoms with E-state index >= 15 is 0 Å². The van der Waals surface area contributed by atoms with Crippen LogP contribution in [0.1, 0.15) is 5.56 Å². The van der Waals surface area contributed by atoms with E-state index in [1.54, 1.807) is 0 Å².